The van der Waals surface area contributed by atoms with Gasteiger partial charge in [-0.2, -0.15) is 0 Å². The molecule has 0 N–H and O–H groups in total. The zero-order valence-electron chi connectivity index (χ0n) is 17.9. The third kappa shape index (κ3) is 5.04. The van der Waals surface area contributed by atoms with Gasteiger partial charge in [0.05, 0.1) is 15.6 Å². The van der Waals surface area contributed by atoms with E-state index in [0.29, 0.717) is 43.0 Å². The average Bonchev–Trinajstić information content (AvgIpc) is 3.27. The molecule has 1 aliphatic carbocycles. The molecule has 9 heteroatoms. The van der Waals surface area contributed by atoms with Crippen LogP contribution in [-0.2, 0) is 15.4 Å². The van der Waals surface area contributed by atoms with Crippen LogP contribution < -0.4 is 4.74 Å². The normalized spacial score (nSPS) is 10.9. The van der Waals surface area contributed by atoms with Gasteiger partial charge in [0, 0.05) is 33.7 Å². The van der Waals surface area contributed by atoms with E-state index in [-0.39, 0.29) is 19.0 Å². The van der Waals surface area contributed by atoms with E-state index >= 15 is 0 Å². The second-order valence-electron chi connectivity index (χ2n) is 7.26. The molecule has 1 heterocycles. The second kappa shape index (κ2) is 10.7. The number of ether oxygens (including phenoxy) is 2. The number of aromatic nitrogens is 1. The minimum Gasteiger partial charge on any atom is -0.480 e. The number of fused-ring (bicyclic) bond motifs is 1. The highest BCUT2D eigenvalue weighted by Gasteiger charge is 2.23. The summed E-state index contributed by atoms with van der Waals surface area (Å²) in [5, 5.41) is 4.20. The summed E-state index contributed by atoms with van der Waals surface area (Å²) in [5.74, 6) is 0.273. The lowest BCUT2D eigenvalue weighted by Gasteiger charge is -2.13. The fourth-order valence-corrected chi connectivity index (χ4v) is 5.07. The molecule has 6 nitrogen and oxygen atoms in total. The van der Waals surface area contributed by atoms with Crippen LogP contribution in [0.2, 0.25) is 0 Å². The summed E-state index contributed by atoms with van der Waals surface area (Å²) in [5.41, 5.74) is 4.75. The molecule has 174 valence electrons. The van der Waals surface area contributed by atoms with Crippen molar-refractivity contribution in [3.8, 4) is 28.1 Å². The Labute approximate surface area is 217 Å². The van der Waals surface area contributed by atoms with Gasteiger partial charge in [-0.1, -0.05) is 35.5 Å². The van der Waals surface area contributed by atoms with E-state index in [1.54, 1.807) is 25.1 Å². The number of esters is 1. The van der Waals surface area contributed by atoms with Crippen LogP contribution in [0.4, 0.5) is 0 Å². The first kappa shape index (κ1) is 24.4. The number of nitrogens with zero attached hydrogens (tertiary/aromatic N) is 1. The molecule has 0 fully saturated rings. The highest BCUT2D eigenvalue weighted by molar-refractivity contribution is 9.11. The summed E-state index contributed by atoms with van der Waals surface area (Å²) in [4.78, 5) is 24.8. The maximum Gasteiger partial charge on any atom is 0.344 e. The van der Waals surface area contributed by atoms with Crippen molar-refractivity contribution in [1.82, 2.24) is 5.16 Å². The number of hydrogen-bond acceptors (Lipinski definition) is 6. The van der Waals surface area contributed by atoms with E-state index in [4.69, 9.17) is 25.6 Å². The van der Waals surface area contributed by atoms with Crippen LogP contribution in [0.25, 0.3) is 22.4 Å². The molecule has 2 aromatic carbocycles. The number of ketones is 1. The first-order chi connectivity index (χ1) is 16.4. The largest absolute Gasteiger partial charge is 0.480 e. The molecule has 0 unspecified atom stereocenters. The minimum absolute atomic E-state index is 0.117. The van der Waals surface area contributed by atoms with Gasteiger partial charge in [0.15, 0.2) is 12.4 Å². The van der Waals surface area contributed by atoms with Crippen LogP contribution >= 0.6 is 43.5 Å². The molecule has 0 radical (unpaired) electrons. The predicted octanol–water partition coefficient (Wildman–Crippen LogP) is 6.88. The van der Waals surface area contributed by atoms with E-state index in [2.05, 4.69) is 37.0 Å². The molecule has 0 spiro atoms. The number of carbonyl (C=O) groups is 2. The molecule has 0 saturated carbocycles. The van der Waals surface area contributed by atoms with Crippen LogP contribution in [0.1, 0.15) is 28.4 Å². The van der Waals surface area contributed by atoms with E-state index in [1.165, 1.54) is 6.26 Å². The van der Waals surface area contributed by atoms with Gasteiger partial charge in [-0.3, -0.25) is 4.79 Å². The lowest BCUT2D eigenvalue weighted by atomic mass is 9.98. The third-order valence-corrected chi connectivity index (χ3v) is 6.58. The van der Waals surface area contributed by atoms with Gasteiger partial charge < -0.3 is 14.0 Å². The maximum absolute atomic E-state index is 13.1. The Balaban J connectivity index is 1.63. The van der Waals surface area contributed by atoms with Gasteiger partial charge in [-0.25, -0.2) is 4.79 Å². The van der Waals surface area contributed by atoms with Crippen LogP contribution in [-0.4, -0.2) is 30.1 Å². The zero-order chi connectivity index (χ0) is 24.2. The number of benzene rings is 2. The molecule has 34 heavy (non-hydrogen) atoms. The Morgan fingerprint density at radius 2 is 1.74 bits per heavy atom. The second-order valence-corrected chi connectivity index (χ2v) is 9.24. The molecule has 2 aliphatic rings. The van der Waals surface area contributed by atoms with Gasteiger partial charge in [-0.05, 0) is 62.5 Å². The van der Waals surface area contributed by atoms with Crippen molar-refractivity contribution in [2.24, 2.45) is 0 Å². The van der Waals surface area contributed by atoms with Gasteiger partial charge >= 0.3 is 5.97 Å². The van der Waals surface area contributed by atoms with E-state index < -0.39 is 5.97 Å². The summed E-state index contributed by atoms with van der Waals surface area (Å²) in [6, 6.07) is 14.4. The van der Waals surface area contributed by atoms with Gasteiger partial charge in [-0.15, -0.1) is 11.6 Å². The maximum atomic E-state index is 13.1. The average molecular weight is 608 g/mol. The SMILES string of the molecule is CCOC(=O)COc1c(Br)cc(-c2nocc3c(C(=O)c4ccc(CCl)cc4)ccc2-3)cc1Br. The number of carbonyl (C=O) groups excluding carboxylic acids is 2. The molecule has 0 aromatic heterocycles. The Kier molecular flexibility index (Phi) is 7.70. The van der Waals surface area contributed by atoms with Crippen molar-refractivity contribution in [1.29, 1.82) is 0 Å². The zero-order valence-corrected chi connectivity index (χ0v) is 21.9. The summed E-state index contributed by atoms with van der Waals surface area (Å²) < 4.78 is 17.1. The summed E-state index contributed by atoms with van der Waals surface area (Å²) >= 11 is 12.8. The topological polar surface area (TPSA) is 78.6 Å². The van der Waals surface area contributed by atoms with Crippen molar-refractivity contribution in [3.05, 3.63) is 80.4 Å². The molecule has 0 bridgehead atoms. The molecule has 0 saturated heterocycles. The molecular formula is C25H18Br2ClNO5. The number of halogens is 3. The number of alkyl halides is 1. The summed E-state index contributed by atoms with van der Waals surface area (Å²) in [6.45, 7) is 1.80. The van der Waals surface area contributed by atoms with Gasteiger partial charge in [0.2, 0.25) is 0 Å². The first-order valence-corrected chi connectivity index (χ1v) is 12.4. The predicted molar refractivity (Wildman–Crippen MR) is 136 cm³/mol. The van der Waals surface area contributed by atoms with Crippen LogP contribution in [0, 0.1) is 0 Å². The Bertz CT molecular complexity index is 1300. The minimum atomic E-state index is -0.457. The lowest BCUT2D eigenvalue weighted by molar-refractivity contribution is -0.145. The van der Waals surface area contributed by atoms with E-state index in [9.17, 15) is 9.59 Å². The first-order valence-electron chi connectivity index (χ1n) is 10.3. The summed E-state index contributed by atoms with van der Waals surface area (Å²) in [7, 11) is 0. The van der Waals surface area contributed by atoms with Crippen molar-refractivity contribution in [2.75, 3.05) is 13.2 Å². The molecular weight excluding hydrogens is 590 g/mol. The highest BCUT2D eigenvalue weighted by atomic mass is 79.9. The smallest absolute Gasteiger partial charge is 0.344 e. The number of rotatable bonds is 8. The highest BCUT2D eigenvalue weighted by Crippen LogP contribution is 2.41. The van der Waals surface area contributed by atoms with Crippen molar-refractivity contribution >= 4 is 55.2 Å². The summed E-state index contributed by atoms with van der Waals surface area (Å²) in [6.07, 6.45) is 1.47. The van der Waals surface area contributed by atoms with E-state index in [1.807, 2.05) is 30.3 Å². The molecule has 4 rings (SSSR count). The lowest BCUT2D eigenvalue weighted by Crippen LogP contribution is -2.15. The Morgan fingerprint density at radius 3 is 2.38 bits per heavy atom. The number of hydrogen-bond donors (Lipinski definition) is 0. The quantitative estimate of drug-likeness (QED) is 0.123. The molecule has 2 aromatic rings. The van der Waals surface area contributed by atoms with Crippen LogP contribution in [0.5, 0.6) is 5.75 Å². The van der Waals surface area contributed by atoms with Gasteiger partial charge in [0.25, 0.3) is 0 Å². The standard InChI is InChI=1S/C25H18Br2ClNO5/c1-2-32-22(30)13-33-25-20(26)9-16(10-21(25)27)23-17-7-8-18(19(17)12-34-29-23)24(31)15-5-3-14(11-28)4-6-15/h3-10,12H,2,11,13H2,1H3. The fourth-order valence-electron chi connectivity index (χ4n) is 3.48. The molecule has 1 aliphatic heterocycles. The van der Waals surface area contributed by atoms with Crippen LogP contribution in [0.15, 0.2) is 68.3 Å². The van der Waals surface area contributed by atoms with Crippen LogP contribution in [0.3, 0.4) is 0 Å². The Morgan fingerprint density at radius 1 is 1.03 bits per heavy atom. The van der Waals surface area contributed by atoms with Crippen molar-refractivity contribution in [3.63, 3.8) is 0 Å². The fraction of sp³-hybridized carbons (Fsp3) is 0.160. The Hall–Kier alpha value is -2.68. The van der Waals surface area contributed by atoms with Crippen molar-refractivity contribution < 1.29 is 23.6 Å². The monoisotopic (exact) mass is 605 g/mol. The van der Waals surface area contributed by atoms with Gasteiger partial charge in [0.1, 0.15) is 17.7 Å². The van der Waals surface area contributed by atoms with E-state index in [0.717, 1.165) is 16.7 Å². The molecule has 0 atom stereocenters. The molecule has 0 amide bonds. The van der Waals surface area contributed by atoms with Crippen molar-refractivity contribution in [2.45, 2.75) is 12.8 Å². The third-order valence-electron chi connectivity index (χ3n) is 5.09.